The SMILES string of the molecule is Cc1cc(C)c(C(=O)NCc2cc3c(s2)CCC3)cc1N. The largest absolute Gasteiger partial charge is 0.398 e. The van der Waals surface area contributed by atoms with E-state index in [0.717, 1.165) is 11.1 Å². The first kappa shape index (κ1) is 14.1. The van der Waals surface area contributed by atoms with Crippen molar-refractivity contribution in [2.75, 3.05) is 5.73 Å². The molecule has 0 saturated heterocycles. The lowest BCUT2D eigenvalue weighted by Crippen LogP contribution is -2.23. The van der Waals surface area contributed by atoms with Crippen molar-refractivity contribution in [1.29, 1.82) is 0 Å². The van der Waals surface area contributed by atoms with E-state index >= 15 is 0 Å². The first-order chi connectivity index (χ1) is 10.0. The zero-order valence-electron chi connectivity index (χ0n) is 12.5. The van der Waals surface area contributed by atoms with Gasteiger partial charge in [-0.2, -0.15) is 0 Å². The quantitative estimate of drug-likeness (QED) is 0.854. The number of hydrogen-bond donors (Lipinski definition) is 2. The highest BCUT2D eigenvalue weighted by Crippen LogP contribution is 2.30. The summed E-state index contributed by atoms with van der Waals surface area (Å²) in [6.07, 6.45) is 3.66. The van der Waals surface area contributed by atoms with Gasteiger partial charge >= 0.3 is 0 Å². The normalized spacial score (nSPS) is 13.2. The van der Waals surface area contributed by atoms with Crippen LogP contribution < -0.4 is 11.1 Å². The van der Waals surface area contributed by atoms with Crippen LogP contribution in [0.2, 0.25) is 0 Å². The van der Waals surface area contributed by atoms with E-state index in [1.54, 1.807) is 6.07 Å². The van der Waals surface area contributed by atoms with Gasteiger partial charge in [0.2, 0.25) is 0 Å². The van der Waals surface area contributed by atoms with E-state index in [-0.39, 0.29) is 5.91 Å². The molecule has 0 atom stereocenters. The van der Waals surface area contributed by atoms with Crippen LogP contribution in [0, 0.1) is 13.8 Å². The van der Waals surface area contributed by atoms with Gasteiger partial charge in [-0.05, 0) is 61.9 Å². The maximum atomic E-state index is 12.3. The lowest BCUT2D eigenvalue weighted by Gasteiger charge is -2.10. The topological polar surface area (TPSA) is 55.1 Å². The summed E-state index contributed by atoms with van der Waals surface area (Å²) in [6.45, 7) is 4.50. The van der Waals surface area contributed by atoms with Gasteiger partial charge in [-0.1, -0.05) is 6.07 Å². The summed E-state index contributed by atoms with van der Waals surface area (Å²) in [4.78, 5) is 15.1. The lowest BCUT2D eigenvalue weighted by atomic mass is 10.0. The Morgan fingerprint density at radius 1 is 1.24 bits per heavy atom. The molecule has 0 spiro atoms. The Kier molecular flexibility index (Phi) is 3.72. The summed E-state index contributed by atoms with van der Waals surface area (Å²) >= 11 is 1.83. The zero-order valence-corrected chi connectivity index (χ0v) is 13.3. The van der Waals surface area contributed by atoms with Crippen LogP contribution >= 0.6 is 11.3 Å². The van der Waals surface area contributed by atoms with Crippen LogP contribution in [0.1, 0.15) is 43.2 Å². The molecule has 0 aliphatic heterocycles. The van der Waals surface area contributed by atoms with Crippen molar-refractivity contribution in [1.82, 2.24) is 5.32 Å². The molecule has 1 aromatic carbocycles. The Hall–Kier alpha value is -1.81. The van der Waals surface area contributed by atoms with Crippen LogP contribution in [0.25, 0.3) is 0 Å². The van der Waals surface area contributed by atoms with Crippen LogP contribution in [-0.2, 0) is 19.4 Å². The second-order valence-electron chi connectivity index (χ2n) is 5.72. The van der Waals surface area contributed by atoms with Gasteiger partial charge in [0.1, 0.15) is 0 Å². The molecule has 1 aromatic heterocycles. The standard InChI is InChI=1S/C17H20N2OS/c1-10-6-11(2)15(18)8-14(10)17(20)19-9-13-7-12-4-3-5-16(12)21-13/h6-8H,3-5,9,18H2,1-2H3,(H,19,20). The molecule has 3 rings (SSSR count). The molecule has 21 heavy (non-hydrogen) atoms. The number of nitrogens with two attached hydrogens (primary N) is 1. The minimum atomic E-state index is -0.0484. The average molecular weight is 300 g/mol. The number of thiophene rings is 1. The molecule has 4 heteroatoms. The summed E-state index contributed by atoms with van der Waals surface area (Å²) in [5.74, 6) is -0.0484. The van der Waals surface area contributed by atoms with Crippen molar-refractivity contribution >= 4 is 22.9 Å². The lowest BCUT2D eigenvalue weighted by molar-refractivity contribution is 0.0950. The summed E-state index contributed by atoms with van der Waals surface area (Å²) in [5, 5.41) is 3.01. The van der Waals surface area contributed by atoms with Crippen LogP contribution in [0.15, 0.2) is 18.2 Å². The third-order valence-electron chi connectivity index (χ3n) is 4.08. The fourth-order valence-corrected chi connectivity index (χ4v) is 4.05. The number of amides is 1. The van der Waals surface area contributed by atoms with E-state index in [2.05, 4.69) is 11.4 Å². The summed E-state index contributed by atoms with van der Waals surface area (Å²) in [5.41, 5.74) is 10.7. The number of nitrogen functional groups attached to an aromatic ring is 1. The van der Waals surface area contributed by atoms with Gasteiger partial charge in [-0.15, -0.1) is 11.3 Å². The predicted molar refractivity (Wildman–Crippen MR) is 87.8 cm³/mol. The van der Waals surface area contributed by atoms with E-state index in [4.69, 9.17) is 5.73 Å². The number of aryl methyl sites for hydroxylation is 4. The van der Waals surface area contributed by atoms with Crippen LogP contribution in [0.3, 0.4) is 0 Å². The number of fused-ring (bicyclic) bond motifs is 1. The maximum Gasteiger partial charge on any atom is 0.251 e. The number of rotatable bonds is 3. The Morgan fingerprint density at radius 3 is 2.81 bits per heavy atom. The maximum absolute atomic E-state index is 12.3. The van der Waals surface area contributed by atoms with Crippen LogP contribution in [0.4, 0.5) is 5.69 Å². The van der Waals surface area contributed by atoms with Crippen LogP contribution in [-0.4, -0.2) is 5.91 Å². The monoisotopic (exact) mass is 300 g/mol. The molecule has 0 fully saturated rings. The van der Waals surface area contributed by atoms with Gasteiger partial charge in [0.25, 0.3) is 5.91 Å². The minimum Gasteiger partial charge on any atom is -0.398 e. The summed E-state index contributed by atoms with van der Waals surface area (Å²) in [6, 6.07) is 5.97. The highest BCUT2D eigenvalue weighted by Gasteiger charge is 2.16. The first-order valence-corrected chi connectivity index (χ1v) is 8.11. The number of hydrogen-bond acceptors (Lipinski definition) is 3. The van der Waals surface area contributed by atoms with E-state index in [9.17, 15) is 4.79 Å². The molecule has 110 valence electrons. The molecular formula is C17H20N2OS. The fraction of sp³-hybridized carbons (Fsp3) is 0.353. The zero-order chi connectivity index (χ0) is 15.0. The Morgan fingerprint density at radius 2 is 2.05 bits per heavy atom. The van der Waals surface area contributed by atoms with Gasteiger partial charge in [-0.25, -0.2) is 0 Å². The van der Waals surface area contributed by atoms with Gasteiger partial charge in [0, 0.05) is 21.0 Å². The number of benzene rings is 1. The molecule has 1 aliphatic rings. The van der Waals surface area contributed by atoms with Gasteiger partial charge in [-0.3, -0.25) is 4.79 Å². The van der Waals surface area contributed by atoms with Gasteiger partial charge < -0.3 is 11.1 Å². The van der Waals surface area contributed by atoms with Crippen LogP contribution in [0.5, 0.6) is 0 Å². The van der Waals surface area contributed by atoms with E-state index in [1.807, 2.05) is 31.3 Å². The van der Waals surface area contributed by atoms with Crippen molar-refractivity contribution in [2.24, 2.45) is 0 Å². The summed E-state index contributed by atoms with van der Waals surface area (Å²) < 4.78 is 0. The Bertz CT molecular complexity index is 682. The molecule has 2 aromatic rings. The molecule has 3 nitrogen and oxygen atoms in total. The van der Waals surface area contributed by atoms with Gasteiger partial charge in [0.15, 0.2) is 0 Å². The highest BCUT2D eigenvalue weighted by atomic mass is 32.1. The first-order valence-electron chi connectivity index (χ1n) is 7.30. The van der Waals surface area contributed by atoms with E-state index in [1.165, 1.54) is 34.6 Å². The average Bonchev–Trinajstić information content (AvgIpc) is 3.01. The molecule has 1 aliphatic carbocycles. The Balaban J connectivity index is 1.70. The molecule has 0 saturated carbocycles. The van der Waals surface area contributed by atoms with E-state index < -0.39 is 0 Å². The number of carbonyl (C=O) groups is 1. The molecule has 3 N–H and O–H groups in total. The third-order valence-corrected chi connectivity index (χ3v) is 5.32. The molecule has 0 bridgehead atoms. The molecular weight excluding hydrogens is 280 g/mol. The van der Waals surface area contributed by atoms with Crippen molar-refractivity contribution < 1.29 is 4.79 Å². The smallest absolute Gasteiger partial charge is 0.251 e. The third kappa shape index (κ3) is 2.81. The van der Waals surface area contributed by atoms with Crippen molar-refractivity contribution in [3.63, 3.8) is 0 Å². The highest BCUT2D eigenvalue weighted by molar-refractivity contribution is 7.12. The van der Waals surface area contributed by atoms with Crippen molar-refractivity contribution in [2.45, 2.75) is 39.7 Å². The molecule has 1 heterocycles. The second kappa shape index (κ2) is 5.53. The molecule has 0 radical (unpaired) electrons. The predicted octanol–water partition coefficient (Wildman–Crippen LogP) is 3.37. The second-order valence-corrected chi connectivity index (χ2v) is 6.94. The summed E-state index contributed by atoms with van der Waals surface area (Å²) in [7, 11) is 0. The van der Waals surface area contributed by atoms with Crippen molar-refractivity contribution in [3.8, 4) is 0 Å². The minimum absolute atomic E-state index is 0.0484. The van der Waals surface area contributed by atoms with E-state index in [0.29, 0.717) is 17.8 Å². The molecule has 1 amide bonds. The van der Waals surface area contributed by atoms with Gasteiger partial charge in [0.05, 0.1) is 6.54 Å². The fourth-order valence-electron chi connectivity index (χ4n) is 2.85. The van der Waals surface area contributed by atoms with Crippen molar-refractivity contribution in [3.05, 3.63) is 50.2 Å². The molecule has 0 unspecified atom stereocenters. The number of carbonyl (C=O) groups excluding carboxylic acids is 1. The number of nitrogens with one attached hydrogen (secondary N) is 1. The number of anilines is 1. The Labute approximate surface area is 129 Å².